The quantitative estimate of drug-likeness (QED) is 0.771. The van der Waals surface area contributed by atoms with Crippen LogP contribution in [0.25, 0.3) is 0 Å². The summed E-state index contributed by atoms with van der Waals surface area (Å²) in [5.74, 6) is 0.0176. The molecule has 2 rings (SSSR count). The predicted molar refractivity (Wildman–Crippen MR) is 76.0 cm³/mol. The van der Waals surface area contributed by atoms with Gasteiger partial charge in [0.05, 0.1) is 12.5 Å². The Morgan fingerprint density at radius 1 is 1.37 bits per heavy atom. The van der Waals surface area contributed by atoms with Crippen LogP contribution in [-0.4, -0.2) is 30.2 Å². The van der Waals surface area contributed by atoms with Crippen LogP contribution >= 0.6 is 0 Å². The van der Waals surface area contributed by atoms with Crippen molar-refractivity contribution >= 4 is 11.6 Å². The molecule has 0 aromatic heterocycles. The fourth-order valence-electron chi connectivity index (χ4n) is 2.34. The minimum Gasteiger partial charge on any atom is -0.392 e. The van der Waals surface area contributed by atoms with Crippen LogP contribution < -0.4 is 10.6 Å². The van der Waals surface area contributed by atoms with Gasteiger partial charge in [-0.05, 0) is 24.1 Å². The van der Waals surface area contributed by atoms with Gasteiger partial charge in [-0.15, -0.1) is 0 Å². The van der Waals surface area contributed by atoms with E-state index in [1.807, 2.05) is 24.3 Å². The van der Waals surface area contributed by atoms with E-state index in [-0.39, 0.29) is 17.4 Å². The molecule has 1 aliphatic carbocycles. The number of anilines is 1. The molecule has 19 heavy (non-hydrogen) atoms. The van der Waals surface area contributed by atoms with Gasteiger partial charge in [0.2, 0.25) is 5.91 Å². The van der Waals surface area contributed by atoms with E-state index in [1.54, 1.807) is 7.05 Å². The summed E-state index contributed by atoms with van der Waals surface area (Å²) in [6.07, 6.45) is 0.967. The van der Waals surface area contributed by atoms with Crippen LogP contribution in [-0.2, 0) is 11.2 Å². The Morgan fingerprint density at radius 2 is 2.00 bits per heavy atom. The third kappa shape index (κ3) is 2.89. The molecule has 0 spiro atoms. The third-order valence-corrected chi connectivity index (χ3v) is 4.15. The maximum Gasteiger partial charge on any atom is 0.224 e. The van der Waals surface area contributed by atoms with Crippen LogP contribution in [0, 0.1) is 5.41 Å². The van der Waals surface area contributed by atoms with E-state index in [2.05, 4.69) is 24.5 Å². The van der Waals surface area contributed by atoms with E-state index >= 15 is 0 Å². The molecule has 0 bridgehead atoms. The van der Waals surface area contributed by atoms with Crippen LogP contribution in [0.5, 0.6) is 0 Å². The van der Waals surface area contributed by atoms with Gasteiger partial charge in [0.25, 0.3) is 0 Å². The van der Waals surface area contributed by atoms with Crippen molar-refractivity contribution in [3.63, 3.8) is 0 Å². The standard InChI is InChI=1S/C15H22N2O2/c1-15(2)12(9-13(15)18)17-11-6-4-10(5-7-11)8-14(19)16-3/h4-7,12-13,17-18H,8-9H2,1-3H3,(H,16,19). The Balaban J connectivity index is 1.94. The summed E-state index contributed by atoms with van der Waals surface area (Å²) in [5, 5.41) is 15.8. The smallest absolute Gasteiger partial charge is 0.224 e. The molecule has 1 fully saturated rings. The van der Waals surface area contributed by atoms with Crippen molar-refractivity contribution < 1.29 is 9.90 Å². The number of hydrogen-bond donors (Lipinski definition) is 3. The molecule has 1 saturated carbocycles. The molecular formula is C15H22N2O2. The second-order valence-electron chi connectivity index (χ2n) is 5.82. The van der Waals surface area contributed by atoms with Gasteiger partial charge >= 0.3 is 0 Å². The first kappa shape index (κ1) is 13.9. The number of likely N-dealkylation sites (N-methyl/N-ethyl adjacent to an activating group) is 1. The lowest BCUT2D eigenvalue weighted by atomic mass is 9.64. The molecule has 1 amide bonds. The molecule has 1 aliphatic rings. The van der Waals surface area contributed by atoms with Crippen molar-refractivity contribution in [1.29, 1.82) is 0 Å². The highest BCUT2D eigenvalue weighted by atomic mass is 16.3. The van der Waals surface area contributed by atoms with Crippen molar-refractivity contribution in [2.45, 2.75) is 38.8 Å². The zero-order valence-corrected chi connectivity index (χ0v) is 11.7. The fourth-order valence-corrected chi connectivity index (χ4v) is 2.34. The zero-order chi connectivity index (χ0) is 14.0. The van der Waals surface area contributed by atoms with Crippen LogP contribution in [0.4, 0.5) is 5.69 Å². The van der Waals surface area contributed by atoms with Crippen molar-refractivity contribution in [3.05, 3.63) is 29.8 Å². The van der Waals surface area contributed by atoms with Crippen LogP contribution in [0.3, 0.4) is 0 Å². The number of aliphatic hydroxyl groups is 1. The normalized spacial score (nSPS) is 24.4. The van der Waals surface area contributed by atoms with Crippen LogP contribution in [0.15, 0.2) is 24.3 Å². The first-order chi connectivity index (χ1) is 8.93. The van der Waals surface area contributed by atoms with Gasteiger partial charge < -0.3 is 15.7 Å². The molecule has 0 radical (unpaired) electrons. The lowest BCUT2D eigenvalue weighted by Gasteiger charge is -2.49. The molecule has 2 unspecified atom stereocenters. The van der Waals surface area contributed by atoms with Crippen LogP contribution in [0.1, 0.15) is 25.8 Å². The summed E-state index contributed by atoms with van der Waals surface area (Å²) >= 11 is 0. The predicted octanol–water partition coefficient (Wildman–Crippen LogP) is 1.55. The van der Waals surface area contributed by atoms with Crippen molar-refractivity contribution in [2.75, 3.05) is 12.4 Å². The molecule has 0 heterocycles. The zero-order valence-electron chi connectivity index (χ0n) is 11.7. The van der Waals surface area contributed by atoms with E-state index in [4.69, 9.17) is 0 Å². The Labute approximate surface area is 114 Å². The summed E-state index contributed by atoms with van der Waals surface area (Å²) in [5.41, 5.74) is 1.95. The SMILES string of the molecule is CNC(=O)Cc1ccc(NC2CC(O)C2(C)C)cc1. The number of hydrogen-bond acceptors (Lipinski definition) is 3. The number of carbonyl (C=O) groups is 1. The number of amides is 1. The largest absolute Gasteiger partial charge is 0.392 e. The lowest BCUT2D eigenvalue weighted by Crippen LogP contribution is -2.56. The lowest BCUT2D eigenvalue weighted by molar-refractivity contribution is -0.119. The second kappa shape index (κ2) is 5.21. The summed E-state index contributed by atoms with van der Waals surface area (Å²) in [6, 6.07) is 8.18. The maximum absolute atomic E-state index is 11.3. The Morgan fingerprint density at radius 3 is 2.47 bits per heavy atom. The first-order valence-corrected chi connectivity index (χ1v) is 6.67. The van der Waals surface area contributed by atoms with Crippen molar-refractivity contribution in [2.24, 2.45) is 5.41 Å². The van der Waals surface area contributed by atoms with Gasteiger partial charge in [-0.2, -0.15) is 0 Å². The van der Waals surface area contributed by atoms with E-state index in [0.717, 1.165) is 17.7 Å². The molecule has 3 N–H and O–H groups in total. The van der Waals surface area contributed by atoms with Crippen molar-refractivity contribution in [1.82, 2.24) is 5.32 Å². The summed E-state index contributed by atoms with van der Waals surface area (Å²) in [6.45, 7) is 4.14. The molecule has 0 saturated heterocycles. The fraction of sp³-hybridized carbons (Fsp3) is 0.533. The number of benzene rings is 1. The number of rotatable bonds is 4. The van der Waals surface area contributed by atoms with E-state index in [1.165, 1.54) is 0 Å². The third-order valence-electron chi connectivity index (χ3n) is 4.15. The van der Waals surface area contributed by atoms with Gasteiger partial charge in [0.1, 0.15) is 0 Å². The molecule has 1 aromatic rings. The molecule has 2 atom stereocenters. The molecule has 1 aromatic carbocycles. The highest BCUT2D eigenvalue weighted by Gasteiger charge is 2.47. The van der Waals surface area contributed by atoms with Crippen LogP contribution in [0.2, 0.25) is 0 Å². The summed E-state index contributed by atoms with van der Waals surface area (Å²) in [4.78, 5) is 11.3. The average Bonchev–Trinajstić information content (AvgIpc) is 2.40. The van der Waals surface area contributed by atoms with Gasteiger partial charge in [0.15, 0.2) is 0 Å². The monoisotopic (exact) mass is 262 g/mol. The minimum absolute atomic E-state index is 0.0176. The van der Waals surface area contributed by atoms with Gasteiger partial charge in [-0.3, -0.25) is 4.79 Å². The first-order valence-electron chi connectivity index (χ1n) is 6.67. The summed E-state index contributed by atoms with van der Waals surface area (Å²) < 4.78 is 0. The molecule has 104 valence electrons. The molecule has 4 heteroatoms. The minimum atomic E-state index is -0.225. The Hall–Kier alpha value is -1.55. The number of carbonyl (C=O) groups excluding carboxylic acids is 1. The number of aliphatic hydroxyl groups excluding tert-OH is 1. The van der Waals surface area contributed by atoms with E-state index < -0.39 is 0 Å². The second-order valence-corrected chi connectivity index (χ2v) is 5.82. The maximum atomic E-state index is 11.3. The average molecular weight is 262 g/mol. The van der Waals surface area contributed by atoms with Crippen molar-refractivity contribution in [3.8, 4) is 0 Å². The van der Waals surface area contributed by atoms with Gasteiger partial charge in [-0.1, -0.05) is 26.0 Å². The van der Waals surface area contributed by atoms with Gasteiger partial charge in [0, 0.05) is 24.2 Å². The molecular weight excluding hydrogens is 240 g/mol. The van der Waals surface area contributed by atoms with E-state index in [9.17, 15) is 9.90 Å². The molecule has 0 aliphatic heterocycles. The topological polar surface area (TPSA) is 61.4 Å². The molecule has 4 nitrogen and oxygen atoms in total. The number of nitrogens with one attached hydrogen (secondary N) is 2. The Bertz CT molecular complexity index is 454. The van der Waals surface area contributed by atoms with E-state index in [0.29, 0.717) is 12.5 Å². The highest BCUT2D eigenvalue weighted by Crippen LogP contribution is 2.42. The Kier molecular flexibility index (Phi) is 3.80. The highest BCUT2D eigenvalue weighted by molar-refractivity contribution is 5.78. The summed E-state index contributed by atoms with van der Waals surface area (Å²) in [7, 11) is 1.64. The van der Waals surface area contributed by atoms with Gasteiger partial charge in [-0.25, -0.2) is 0 Å².